The molecule has 4 atom stereocenters. The summed E-state index contributed by atoms with van der Waals surface area (Å²) in [5.41, 5.74) is 1.85. The molecule has 0 unspecified atom stereocenters. The molecular formula is C23H26O7S2. The van der Waals surface area contributed by atoms with Gasteiger partial charge < -0.3 is 0 Å². The van der Waals surface area contributed by atoms with Crippen molar-refractivity contribution in [3.63, 3.8) is 0 Å². The van der Waals surface area contributed by atoms with Gasteiger partial charge >= 0.3 is 0 Å². The third-order valence-corrected chi connectivity index (χ3v) is 9.15. The van der Waals surface area contributed by atoms with E-state index in [1.165, 1.54) is 24.3 Å². The summed E-state index contributed by atoms with van der Waals surface area (Å²) in [4.78, 5) is 12.7. The molecule has 32 heavy (non-hydrogen) atoms. The van der Waals surface area contributed by atoms with Crippen molar-refractivity contribution in [2.75, 3.05) is 13.2 Å². The molecule has 2 fully saturated rings. The molecule has 0 aliphatic heterocycles. The number of Topliss-reactive ketones (excluding diaryl/α,β-unsaturated/α-hetero) is 1. The molecule has 2 aromatic rings. The maximum absolute atomic E-state index is 12.6. The number of hydrogen-bond donors (Lipinski definition) is 0. The van der Waals surface area contributed by atoms with Gasteiger partial charge in [-0.3, -0.25) is 13.2 Å². The Bertz CT molecular complexity index is 1100. The highest BCUT2D eigenvalue weighted by molar-refractivity contribution is 7.87. The van der Waals surface area contributed by atoms with Crippen LogP contribution in [0.25, 0.3) is 0 Å². The highest BCUT2D eigenvalue weighted by Gasteiger charge is 2.54. The number of benzene rings is 2. The molecule has 2 aliphatic carbocycles. The van der Waals surface area contributed by atoms with E-state index in [9.17, 15) is 21.6 Å². The number of carbonyl (C=O) groups is 1. The van der Waals surface area contributed by atoms with Crippen LogP contribution in [0.5, 0.6) is 0 Å². The molecule has 2 bridgehead atoms. The van der Waals surface area contributed by atoms with Crippen LogP contribution in [0.2, 0.25) is 0 Å². The molecule has 2 saturated carbocycles. The minimum Gasteiger partial charge on any atom is -0.299 e. The molecular weight excluding hydrogens is 452 g/mol. The largest absolute Gasteiger partial charge is 0.299 e. The molecule has 0 N–H and O–H groups in total. The lowest BCUT2D eigenvalue weighted by atomic mass is 9.80. The molecule has 0 spiro atoms. The molecule has 0 saturated heterocycles. The van der Waals surface area contributed by atoms with Crippen molar-refractivity contribution >= 4 is 26.0 Å². The number of carbonyl (C=O) groups excluding carboxylic acids is 1. The molecule has 0 amide bonds. The average molecular weight is 479 g/mol. The summed E-state index contributed by atoms with van der Waals surface area (Å²) in [7, 11) is -7.97. The second kappa shape index (κ2) is 8.70. The Labute approximate surface area is 189 Å². The van der Waals surface area contributed by atoms with Gasteiger partial charge in [-0.1, -0.05) is 35.4 Å². The normalized spacial score (nSPS) is 25.4. The lowest BCUT2D eigenvalue weighted by Gasteiger charge is -2.28. The van der Waals surface area contributed by atoms with E-state index in [2.05, 4.69) is 0 Å². The standard InChI is InChI=1S/C23H26O7S2/c1-15-3-7-17(8-4-15)31(25,26)29-13-21-19-11-12-20(23(19)24)22(21)14-30-32(27,28)18-9-5-16(2)6-10-18/h3-10,19-22H,11-14H2,1-2H3/t19-,20-,21-,22+/m0/s1. The Balaban J connectivity index is 1.47. The van der Waals surface area contributed by atoms with Gasteiger partial charge in [-0.25, -0.2) is 0 Å². The van der Waals surface area contributed by atoms with Gasteiger partial charge in [0.05, 0.1) is 23.0 Å². The number of fused-ring (bicyclic) bond motifs is 2. The van der Waals surface area contributed by atoms with E-state index in [-0.39, 0.29) is 40.6 Å². The molecule has 0 radical (unpaired) electrons. The Morgan fingerprint density at radius 3 is 1.38 bits per heavy atom. The fraction of sp³-hybridized carbons (Fsp3) is 0.435. The van der Waals surface area contributed by atoms with Crippen LogP contribution >= 0.6 is 0 Å². The zero-order valence-electron chi connectivity index (χ0n) is 17.9. The van der Waals surface area contributed by atoms with Crippen LogP contribution in [0.3, 0.4) is 0 Å². The van der Waals surface area contributed by atoms with Crippen LogP contribution in [0.15, 0.2) is 58.3 Å². The zero-order chi connectivity index (χ0) is 23.1. The van der Waals surface area contributed by atoms with Gasteiger partial charge in [-0.05, 0) is 62.8 Å². The first-order chi connectivity index (χ1) is 15.1. The molecule has 9 heteroatoms. The van der Waals surface area contributed by atoms with E-state index in [1.54, 1.807) is 24.3 Å². The molecule has 2 aromatic carbocycles. The first-order valence-electron chi connectivity index (χ1n) is 10.5. The first-order valence-corrected chi connectivity index (χ1v) is 13.4. The van der Waals surface area contributed by atoms with Crippen LogP contribution in [-0.2, 0) is 33.4 Å². The van der Waals surface area contributed by atoms with Crippen LogP contribution in [0.4, 0.5) is 0 Å². The average Bonchev–Trinajstić information content (AvgIpc) is 3.24. The van der Waals surface area contributed by atoms with Gasteiger partial charge in [0.25, 0.3) is 20.2 Å². The third kappa shape index (κ3) is 4.52. The Morgan fingerprint density at radius 2 is 1.03 bits per heavy atom. The Hall–Kier alpha value is -2.07. The first kappa shape index (κ1) is 23.1. The van der Waals surface area contributed by atoms with Gasteiger partial charge in [0, 0.05) is 11.8 Å². The maximum atomic E-state index is 12.6. The van der Waals surface area contributed by atoms with Gasteiger partial charge in [0.15, 0.2) is 0 Å². The summed E-state index contributed by atoms with van der Waals surface area (Å²) in [6, 6.07) is 12.6. The van der Waals surface area contributed by atoms with Crippen molar-refractivity contribution in [2.24, 2.45) is 23.7 Å². The van der Waals surface area contributed by atoms with E-state index >= 15 is 0 Å². The molecule has 0 aromatic heterocycles. The van der Waals surface area contributed by atoms with Gasteiger partial charge in [-0.2, -0.15) is 16.8 Å². The maximum Gasteiger partial charge on any atom is 0.296 e. The topological polar surface area (TPSA) is 104 Å². The highest BCUT2D eigenvalue weighted by Crippen LogP contribution is 2.50. The van der Waals surface area contributed by atoms with Crippen molar-refractivity contribution < 1.29 is 30.0 Å². The van der Waals surface area contributed by atoms with E-state index in [4.69, 9.17) is 8.37 Å². The summed E-state index contributed by atoms with van der Waals surface area (Å²) < 4.78 is 61.0. The highest BCUT2D eigenvalue weighted by atomic mass is 32.2. The summed E-state index contributed by atoms with van der Waals surface area (Å²) in [5, 5.41) is 0. The fourth-order valence-electron chi connectivity index (χ4n) is 4.73. The third-order valence-electron chi connectivity index (χ3n) is 6.55. The lowest BCUT2D eigenvalue weighted by molar-refractivity contribution is -0.122. The van der Waals surface area contributed by atoms with E-state index in [1.807, 2.05) is 13.8 Å². The summed E-state index contributed by atoms with van der Waals surface area (Å²) in [5.74, 6) is -1.43. The van der Waals surface area contributed by atoms with Crippen LogP contribution in [-0.4, -0.2) is 35.8 Å². The number of rotatable bonds is 8. The zero-order valence-corrected chi connectivity index (χ0v) is 19.6. The van der Waals surface area contributed by atoms with Crippen LogP contribution in [0, 0.1) is 37.5 Å². The van der Waals surface area contributed by atoms with Gasteiger partial charge in [-0.15, -0.1) is 0 Å². The summed E-state index contributed by atoms with van der Waals surface area (Å²) in [6.07, 6.45) is 1.31. The van der Waals surface area contributed by atoms with Gasteiger partial charge in [0.1, 0.15) is 5.78 Å². The quantitative estimate of drug-likeness (QED) is 0.537. The van der Waals surface area contributed by atoms with E-state index in [0.717, 1.165) is 11.1 Å². The molecule has 7 nitrogen and oxygen atoms in total. The van der Waals surface area contributed by atoms with Crippen LogP contribution < -0.4 is 0 Å². The summed E-state index contributed by atoms with van der Waals surface area (Å²) >= 11 is 0. The summed E-state index contributed by atoms with van der Waals surface area (Å²) in [6.45, 7) is 3.35. The van der Waals surface area contributed by atoms with Crippen molar-refractivity contribution in [1.29, 1.82) is 0 Å². The second-order valence-electron chi connectivity index (χ2n) is 8.62. The fourth-order valence-corrected chi connectivity index (χ4v) is 6.61. The Kier molecular flexibility index (Phi) is 6.28. The molecule has 4 rings (SSSR count). The number of ketones is 1. The minimum absolute atomic E-state index is 0.0485. The lowest BCUT2D eigenvalue weighted by Crippen LogP contribution is -2.31. The number of hydrogen-bond acceptors (Lipinski definition) is 7. The molecule has 172 valence electrons. The van der Waals surface area contributed by atoms with E-state index in [0.29, 0.717) is 12.8 Å². The van der Waals surface area contributed by atoms with Crippen LogP contribution in [0.1, 0.15) is 24.0 Å². The van der Waals surface area contributed by atoms with Crippen molar-refractivity contribution in [1.82, 2.24) is 0 Å². The van der Waals surface area contributed by atoms with Crippen molar-refractivity contribution in [2.45, 2.75) is 36.5 Å². The number of aryl methyl sites for hydroxylation is 2. The SMILES string of the molecule is Cc1ccc(S(=O)(=O)OC[C@@H]2[C@H](COS(=O)(=O)c3ccc(C)cc3)[C@@H]3CC[C@@H]2C3=O)cc1. The van der Waals surface area contributed by atoms with E-state index < -0.39 is 32.1 Å². The van der Waals surface area contributed by atoms with Crippen molar-refractivity contribution in [3.05, 3.63) is 59.7 Å². The predicted molar refractivity (Wildman–Crippen MR) is 117 cm³/mol. The monoisotopic (exact) mass is 478 g/mol. The predicted octanol–water partition coefficient (Wildman–Crippen LogP) is 3.26. The minimum atomic E-state index is -3.98. The molecule has 2 aliphatic rings. The second-order valence-corrected chi connectivity index (χ2v) is 11.9. The van der Waals surface area contributed by atoms with Crippen molar-refractivity contribution in [3.8, 4) is 0 Å². The smallest absolute Gasteiger partial charge is 0.296 e. The molecule has 0 heterocycles. The Morgan fingerprint density at radius 1 is 0.688 bits per heavy atom. The van der Waals surface area contributed by atoms with Gasteiger partial charge in [0.2, 0.25) is 0 Å².